The summed E-state index contributed by atoms with van der Waals surface area (Å²) in [5.74, 6) is 0. The molecule has 0 aromatic heterocycles. The highest BCUT2D eigenvalue weighted by atomic mass is 17.0. The lowest BCUT2D eigenvalue weighted by atomic mass is 10.2. The zero-order chi connectivity index (χ0) is 7.98. The van der Waals surface area contributed by atoms with Crippen molar-refractivity contribution in [2.24, 2.45) is 0 Å². The second-order valence-corrected chi connectivity index (χ2v) is 2.09. The van der Waals surface area contributed by atoms with Crippen LogP contribution in [0.5, 0.6) is 0 Å². The predicted molar refractivity (Wildman–Crippen MR) is 36.7 cm³/mol. The average molecular weight is 146 g/mol. The van der Waals surface area contributed by atoms with E-state index in [0.29, 0.717) is 6.42 Å². The number of rotatable bonds is 5. The molecule has 1 atom stereocenters. The third-order valence-electron chi connectivity index (χ3n) is 1.11. The van der Waals surface area contributed by atoms with E-state index in [1.54, 1.807) is 0 Å². The maximum Gasteiger partial charge on any atom is 0.294 e. The van der Waals surface area contributed by atoms with Crippen LogP contribution in [0.2, 0.25) is 0 Å². The van der Waals surface area contributed by atoms with Gasteiger partial charge in [-0.25, -0.2) is 0 Å². The summed E-state index contributed by atoms with van der Waals surface area (Å²) in [5.41, 5.74) is 0. The summed E-state index contributed by atoms with van der Waals surface area (Å²) in [4.78, 5) is 13.9. The van der Waals surface area contributed by atoms with Crippen molar-refractivity contribution in [1.82, 2.24) is 0 Å². The summed E-state index contributed by atoms with van der Waals surface area (Å²) in [7, 11) is 0. The maximum absolute atomic E-state index is 9.72. The summed E-state index contributed by atoms with van der Waals surface area (Å²) < 4.78 is 0. The lowest BCUT2D eigenvalue weighted by Crippen LogP contribution is -2.12. The van der Waals surface area contributed by atoms with Crippen molar-refractivity contribution in [2.75, 3.05) is 0 Å². The minimum atomic E-state index is -0.798. The smallest absolute Gasteiger partial charge is 0.294 e. The summed E-state index contributed by atoms with van der Waals surface area (Å²) >= 11 is 0. The molecule has 0 aromatic carbocycles. The summed E-state index contributed by atoms with van der Waals surface area (Å²) in [6, 6.07) is 0. The highest BCUT2D eigenvalue weighted by Gasteiger charge is 2.04. The van der Waals surface area contributed by atoms with Crippen LogP contribution in [-0.4, -0.2) is 11.2 Å². The van der Waals surface area contributed by atoms with E-state index >= 15 is 0 Å². The number of nitrogens with zero attached hydrogens (tertiary/aromatic N) is 1. The van der Waals surface area contributed by atoms with Gasteiger partial charge >= 0.3 is 0 Å². The molecule has 0 aliphatic heterocycles. The van der Waals surface area contributed by atoms with Crippen LogP contribution in [0.25, 0.3) is 0 Å². The molecule has 1 unspecified atom stereocenters. The standard InChI is InChI=1S/C6H12NO3/c1-3-4-5-6(2)10-7(8)9/h6H,2-5H2,1H3. The van der Waals surface area contributed by atoms with Crippen molar-refractivity contribution in [2.45, 2.75) is 32.3 Å². The molecule has 0 saturated carbocycles. The highest BCUT2D eigenvalue weighted by Crippen LogP contribution is 2.02. The van der Waals surface area contributed by atoms with Gasteiger partial charge in [0.2, 0.25) is 0 Å². The van der Waals surface area contributed by atoms with E-state index in [-0.39, 0.29) is 0 Å². The van der Waals surface area contributed by atoms with E-state index in [2.05, 4.69) is 11.8 Å². The van der Waals surface area contributed by atoms with Crippen LogP contribution in [-0.2, 0) is 4.84 Å². The zero-order valence-electron chi connectivity index (χ0n) is 6.08. The monoisotopic (exact) mass is 146 g/mol. The first-order valence-electron chi connectivity index (χ1n) is 3.31. The van der Waals surface area contributed by atoms with Gasteiger partial charge in [-0.1, -0.05) is 19.8 Å². The first-order chi connectivity index (χ1) is 4.66. The Kier molecular flexibility index (Phi) is 4.62. The minimum absolute atomic E-state index is 0.505. The maximum atomic E-state index is 9.72. The molecule has 0 fully saturated rings. The summed E-state index contributed by atoms with van der Waals surface area (Å²) in [6.07, 6.45) is 2.07. The molecule has 0 heterocycles. The Hall–Kier alpha value is -0.800. The van der Waals surface area contributed by atoms with Crippen molar-refractivity contribution in [3.63, 3.8) is 0 Å². The summed E-state index contributed by atoms with van der Waals surface area (Å²) in [6.45, 7) is 5.46. The van der Waals surface area contributed by atoms with Gasteiger partial charge in [-0.2, -0.15) is 0 Å². The molecular weight excluding hydrogens is 134 g/mol. The van der Waals surface area contributed by atoms with Crippen LogP contribution in [0.1, 0.15) is 26.2 Å². The van der Waals surface area contributed by atoms with Crippen LogP contribution >= 0.6 is 0 Å². The van der Waals surface area contributed by atoms with E-state index in [9.17, 15) is 10.1 Å². The zero-order valence-corrected chi connectivity index (χ0v) is 6.08. The molecule has 1 radical (unpaired) electrons. The average Bonchev–Trinajstić information content (AvgIpc) is 1.82. The molecule has 0 aliphatic carbocycles. The molecule has 0 N–H and O–H groups in total. The predicted octanol–water partition coefficient (Wildman–Crippen LogP) is 1.59. The number of unbranched alkanes of at least 4 members (excludes halogenated alkanes) is 1. The Bertz CT molecular complexity index is 105. The Labute approximate surface area is 60.3 Å². The molecule has 0 bridgehead atoms. The van der Waals surface area contributed by atoms with Crippen molar-refractivity contribution in [3.8, 4) is 0 Å². The van der Waals surface area contributed by atoms with Crippen LogP contribution in [0.4, 0.5) is 0 Å². The second-order valence-electron chi connectivity index (χ2n) is 2.09. The third-order valence-corrected chi connectivity index (χ3v) is 1.11. The van der Waals surface area contributed by atoms with Gasteiger partial charge in [0.05, 0.1) is 0 Å². The van der Waals surface area contributed by atoms with Gasteiger partial charge in [0.15, 0.2) is 0 Å². The first kappa shape index (κ1) is 9.20. The van der Waals surface area contributed by atoms with Crippen LogP contribution < -0.4 is 0 Å². The molecule has 0 aromatic rings. The highest BCUT2D eigenvalue weighted by molar-refractivity contribution is 4.56. The Morgan fingerprint density at radius 2 is 2.40 bits per heavy atom. The van der Waals surface area contributed by atoms with E-state index in [1.165, 1.54) is 0 Å². The molecule has 0 spiro atoms. The minimum Gasteiger partial charge on any atom is -0.311 e. The largest absolute Gasteiger partial charge is 0.311 e. The molecule has 0 aliphatic rings. The molecule has 10 heavy (non-hydrogen) atoms. The van der Waals surface area contributed by atoms with Gasteiger partial charge < -0.3 is 4.84 Å². The van der Waals surface area contributed by atoms with Crippen molar-refractivity contribution in [1.29, 1.82) is 0 Å². The Balaban J connectivity index is 3.25. The number of hydrogen-bond donors (Lipinski definition) is 0. The van der Waals surface area contributed by atoms with E-state index in [4.69, 9.17) is 0 Å². The Morgan fingerprint density at radius 1 is 1.80 bits per heavy atom. The van der Waals surface area contributed by atoms with Gasteiger partial charge in [-0.15, -0.1) is 10.1 Å². The SMILES string of the molecule is [CH2]C(CCCC)O[N+](=O)[O-]. The van der Waals surface area contributed by atoms with Gasteiger partial charge in [0.25, 0.3) is 5.09 Å². The first-order valence-corrected chi connectivity index (χ1v) is 3.31. The van der Waals surface area contributed by atoms with Gasteiger partial charge in [-0.3, -0.25) is 0 Å². The van der Waals surface area contributed by atoms with E-state index in [1.807, 2.05) is 6.92 Å². The fraction of sp³-hybridized carbons (Fsp3) is 0.833. The van der Waals surface area contributed by atoms with E-state index < -0.39 is 11.2 Å². The molecule has 59 valence electrons. The van der Waals surface area contributed by atoms with Gasteiger partial charge in [0.1, 0.15) is 6.10 Å². The molecule has 0 rings (SSSR count). The number of hydrogen-bond acceptors (Lipinski definition) is 3. The van der Waals surface area contributed by atoms with Gasteiger partial charge in [0, 0.05) is 0 Å². The molecule has 0 saturated heterocycles. The fourth-order valence-electron chi connectivity index (χ4n) is 0.606. The van der Waals surface area contributed by atoms with E-state index in [0.717, 1.165) is 12.8 Å². The lowest BCUT2D eigenvalue weighted by molar-refractivity contribution is -0.766. The molecule has 4 heteroatoms. The lowest BCUT2D eigenvalue weighted by Gasteiger charge is -2.06. The third kappa shape index (κ3) is 5.34. The van der Waals surface area contributed by atoms with Crippen LogP contribution in [0, 0.1) is 17.0 Å². The molecule has 4 nitrogen and oxygen atoms in total. The summed E-state index contributed by atoms with van der Waals surface area (Å²) in [5, 5.41) is 8.92. The molecule has 0 amide bonds. The quantitative estimate of drug-likeness (QED) is 0.437. The van der Waals surface area contributed by atoms with Crippen LogP contribution in [0.3, 0.4) is 0 Å². The second kappa shape index (κ2) is 5.02. The fourth-order valence-corrected chi connectivity index (χ4v) is 0.606. The van der Waals surface area contributed by atoms with Crippen molar-refractivity contribution in [3.05, 3.63) is 17.0 Å². The molecular formula is C6H12NO3. The normalized spacial score (nSPS) is 12.6. The van der Waals surface area contributed by atoms with Gasteiger partial charge in [-0.05, 0) is 13.3 Å². The topological polar surface area (TPSA) is 52.4 Å². The van der Waals surface area contributed by atoms with Crippen molar-refractivity contribution >= 4 is 0 Å². The van der Waals surface area contributed by atoms with Crippen molar-refractivity contribution < 1.29 is 9.92 Å². The Morgan fingerprint density at radius 3 is 2.80 bits per heavy atom. The van der Waals surface area contributed by atoms with Crippen LogP contribution in [0.15, 0.2) is 0 Å².